The second-order valence-corrected chi connectivity index (χ2v) is 7.89. The molecule has 0 atom stereocenters. The number of nitrogens with zero attached hydrogens (tertiary/aromatic N) is 2. The Bertz CT molecular complexity index is 1060. The molecule has 0 bridgehead atoms. The minimum Gasteiger partial charge on any atom is -0.383 e. The van der Waals surface area contributed by atoms with Crippen LogP contribution in [0.1, 0.15) is 26.3 Å². The normalized spacial score (nSPS) is 13.2. The van der Waals surface area contributed by atoms with E-state index in [-0.39, 0.29) is 59.9 Å². The number of likely N-dealkylation sites (N-methyl/N-ethyl adjacent to an activating group) is 1. The average molecular weight is 454 g/mol. The van der Waals surface area contributed by atoms with Crippen molar-refractivity contribution in [3.05, 3.63) is 82.4 Å². The number of amides is 1. The molecule has 0 aromatic heterocycles. The van der Waals surface area contributed by atoms with Crippen LogP contribution in [0.15, 0.2) is 59.9 Å². The van der Waals surface area contributed by atoms with Gasteiger partial charge >= 0.3 is 0 Å². The Morgan fingerprint density at radius 1 is 0.970 bits per heavy atom. The van der Waals surface area contributed by atoms with E-state index >= 15 is 0 Å². The first-order valence-electron chi connectivity index (χ1n) is 10.7. The van der Waals surface area contributed by atoms with Gasteiger partial charge in [-0.3, -0.25) is 14.4 Å². The number of methoxy groups -OCH3 is 1. The fourth-order valence-corrected chi connectivity index (χ4v) is 3.73. The van der Waals surface area contributed by atoms with Crippen molar-refractivity contribution in [2.24, 2.45) is 0 Å². The van der Waals surface area contributed by atoms with Gasteiger partial charge in [-0.15, -0.1) is 0 Å². The monoisotopic (exact) mass is 453 g/mol. The van der Waals surface area contributed by atoms with Crippen LogP contribution in [0.3, 0.4) is 0 Å². The van der Waals surface area contributed by atoms with E-state index in [4.69, 9.17) is 4.74 Å². The third kappa shape index (κ3) is 5.53. The van der Waals surface area contributed by atoms with Gasteiger partial charge in [0.15, 0.2) is 0 Å². The highest BCUT2D eigenvalue weighted by Gasteiger charge is 2.37. The lowest BCUT2D eigenvalue weighted by Gasteiger charge is -2.32. The van der Waals surface area contributed by atoms with Crippen molar-refractivity contribution in [2.45, 2.75) is 6.42 Å². The van der Waals surface area contributed by atoms with Crippen molar-refractivity contribution in [1.29, 1.82) is 0 Å². The smallest absolute Gasteiger partial charge is 0.241 e. The highest BCUT2D eigenvalue weighted by molar-refractivity contribution is 6.27. The van der Waals surface area contributed by atoms with Gasteiger partial charge in [-0.25, -0.2) is 4.39 Å². The van der Waals surface area contributed by atoms with Crippen LogP contribution in [-0.4, -0.2) is 74.7 Å². The molecule has 0 saturated heterocycles. The summed E-state index contributed by atoms with van der Waals surface area (Å²) in [5, 5.41) is 3.08. The molecule has 0 radical (unpaired) electrons. The Balaban J connectivity index is 1.81. The molecule has 1 amide bonds. The third-order valence-electron chi connectivity index (χ3n) is 5.39. The summed E-state index contributed by atoms with van der Waals surface area (Å²) < 4.78 is 18.2. The van der Waals surface area contributed by atoms with E-state index in [1.165, 1.54) is 24.1 Å². The number of hydrogen-bond acceptors (Lipinski definition) is 6. The van der Waals surface area contributed by atoms with E-state index in [9.17, 15) is 18.8 Å². The molecule has 8 heteroatoms. The number of fused-ring (bicyclic) bond motifs is 1. The molecule has 1 aliphatic carbocycles. The van der Waals surface area contributed by atoms with Crippen LogP contribution in [-0.2, 0) is 16.0 Å². The minimum absolute atomic E-state index is 0.0295. The van der Waals surface area contributed by atoms with E-state index < -0.39 is 0 Å². The molecule has 0 heterocycles. The van der Waals surface area contributed by atoms with Crippen molar-refractivity contribution in [1.82, 2.24) is 15.1 Å². The Morgan fingerprint density at radius 2 is 1.58 bits per heavy atom. The van der Waals surface area contributed by atoms with E-state index in [0.717, 1.165) is 5.56 Å². The summed E-state index contributed by atoms with van der Waals surface area (Å²) in [6, 6.07) is 12.8. The molecular formula is C25H28FN3O4. The van der Waals surface area contributed by atoms with Gasteiger partial charge in [0.25, 0.3) is 0 Å². The van der Waals surface area contributed by atoms with E-state index in [2.05, 4.69) is 5.32 Å². The molecule has 0 fully saturated rings. The van der Waals surface area contributed by atoms with Crippen LogP contribution < -0.4 is 5.32 Å². The number of hydrogen-bond donors (Lipinski definition) is 1. The lowest BCUT2D eigenvalue weighted by molar-refractivity contribution is -0.128. The molecule has 2 aromatic rings. The zero-order valence-electron chi connectivity index (χ0n) is 19.1. The zero-order chi connectivity index (χ0) is 24.0. The number of ether oxygens (including phenoxy) is 1. The molecule has 0 saturated carbocycles. The van der Waals surface area contributed by atoms with Crippen molar-refractivity contribution < 1.29 is 23.5 Å². The summed E-state index contributed by atoms with van der Waals surface area (Å²) in [4.78, 5) is 42.7. The van der Waals surface area contributed by atoms with Crippen LogP contribution in [0.4, 0.5) is 4.39 Å². The van der Waals surface area contributed by atoms with Crippen LogP contribution >= 0.6 is 0 Å². The van der Waals surface area contributed by atoms with Crippen molar-refractivity contribution in [2.75, 3.05) is 47.4 Å². The first kappa shape index (κ1) is 24.3. The van der Waals surface area contributed by atoms with E-state index in [1.54, 1.807) is 55.4 Å². The summed E-state index contributed by atoms with van der Waals surface area (Å²) in [6.07, 6.45) is 0.613. The molecule has 0 aliphatic heterocycles. The Labute approximate surface area is 192 Å². The standard InChI is InChI=1S/C25H28FN3O4/c1-28(2)22-23(25(32)20-7-5-4-6-19(20)24(22)31)29(14-15-33-3)21(30)16-27-13-12-17-8-10-18(26)11-9-17/h4-11,27H,12-16H2,1-3H3. The number of nitrogens with one attached hydrogen (secondary N) is 1. The number of rotatable bonds is 10. The first-order valence-corrected chi connectivity index (χ1v) is 10.7. The fraction of sp³-hybridized carbons (Fsp3) is 0.320. The van der Waals surface area contributed by atoms with E-state index in [1.807, 2.05) is 0 Å². The lowest BCUT2D eigenvalue weighted by Crippen LogP contribution is -2.45. The van der Waals surface area contributed by atoms with Crippen molar-refractivity contribution in [3.63, 3.8) is 0 Å². The second-order valence-electron chi connectivity index (χ2n) is 7.89. The number of carbonyl (C=O) groups is 3. The van der Waals surface area contributed by atoms with Gasteiger partial charge in [-0.1, -0.05) is 36.4 Å². The van der Waals surface area contributed by atoms with Crippen molar-refractivity contribution >= 4 is 17.5 Å². The number of allylic oxidation sites excluding steroid dienone is 2. The van der Waals surface area contributed by atoms with Crippen LogP contribution in [0.5, 0.6) is 0 Å². The van der Waals surface area contributed by atoms with Gasteiger partial charge < -0.3 is 19.9 Å². The molecule has 33 heavy (non-hydrogen) atoms. The molecule has 174 valence electrons. The first-order chi connectivity index (χ1) is 15.8. The maximum absolute atomic E-state index is 13.4. The molecule has 0 spiro atoms. The Hall–Kier alpha value is -3.36. The SMILES string of the molecule is COCCN(C(=O)CNCCc1ccc(F)cc1)C1=C(N(C)C)C(=O)c2ccccc2C1=O. The quantitative estimate of drug-likeness (QED) is 0.556. The zero-order valence-corrected chi connectivity index (χ0v) is 19.1. The van der Waals surface area contributed by atoms with Crippen molar-refractivity contribution in [3.8, 4) is 0 Å². The number of benzene rings is 2. The van der Waals surface area contributed by atoms with Gasteiger partial charge in [0, 0.05) is 38.9 Å². The van der Waals surface area contributed by atoms with Gasteiger partial charge in [-0.2, -0.15) is 0 Å². The highest BCUT2D eigenvalue weighted by atomic mass is 19.1. The van der Waals surface area contributed by atoms with Gasteiger partial charge in [-0.05, 0) is 30.7 Å². The minimum atomic E-state index is -0.371. The highest BCUT2D eigenvalue weighted by Crippen LogP contribution is 2.29. The Morgan fingerprint density at radius 3 is 2.15 bits per heavy atom. The summed E-state index contributed by atoms with van der Waals surface area (Å²) in [7, 11) is 4.86. The summed E-state index contributed by atoms with van der Waals surface area (Å²) in [5.41, 5.74) is 1.78. The van der Waals surface area contributed by atoms with E-state index in [0.29, 0.717) is 18.5 Å². The van der Waals surface area contributed by atoms with Crippen LogP contribution in [0.25, 0.3) is 0 Å². The maximum Gasteiger partial charge on any atom is 0.241 e. The number of Topliss-reactive ketones (excluding diaryl/α,β-unsaturated/α-hetero) is 2. The lowest BCUT2D eigenvalue weighted by atomic mass is 9.89. The number of carbonyl (C=O) groups excluding carboxylic acids is 3. The molecule has 3 rings (SSSR count). The van der Waals surface area contributed by atoms with Crippen LogP contribution in [0.2, 0.25) is 0 Å². The molecule has 1 N–H and O–H groups in total. The summed E-state index contributed by atoms with van der Waals surface area (Å²) >= 11 is 0. The Kier molecular flexibility index (Phi) is 8.08. The largest absolute Gasteiger partial charge is 0.383 e. The fourth-order valence-electron chi connectivity index (χ4n) is 3.73. The third-order valence-corrected chi connectivity index (χ3v) is 5.39. The molecule has 7 nitrogen and oxygen atoms in total. The van der Waals surface area contributed by atoms with Gasteiger partial charge in [0.1, 0.15) is 17.2 Å². The topological polar surface area (TPSA) is 79.0 Å². The van der Waals surface area contributed by atoms with Gasteiger partial charge in [0.2, 0.25) is 17.5 Å². The maximum atomic E-state index is 13.4. The predicted molar refractivity (Wildman–Crippen MR) is 122 cm³/mol. The number of ketones is 2. The second kappa shape index (κ2) is 11.0. The molecule has 0 unspecified atom stereocenters. The molecule has 2 aromatic carbocycles. The average Bonchev–Trinajstić information content (AvgIpc) is 2.81. The molecular weight excluding hydrogens is 425 g/mol. The summed E-state index contributed by atoms with van der Waals surface area (Å²) in [6.45, 7) is 0.792. The molecule has 1 aliphatic rings. The summed E-state index contributed by atoms with van der Waals surface area (Å²) in [5.74, 6) is -1.32. The van der Waals surface area contributed by atoms with Crippen LogP contribution in [0, 0.1) is 5.82 Å². The predicted octanol–water partition coefficient (Wildman–Crippen LogP) is 2.29. The van der Waals surface area contributed by atoms with Gasteiger partial charge in [0.05, 0.1) is 13.2 Å². The number of halogens is 1.